The molecule has 0 spiro atoms. The summed E-state index contributed by atoms with van der Waals surface area (Å²) in [7, 11) is 0. The number of aliphatic carboxylic acids is 1. The van der Waals surface area contributed by atoms with E-state index in [9.17, 15) is 14.7 Å². The maximum Gasteiger partial charge on any atom is 0.326 e. The van der Waals surface area contributed by atoms with Gasteiger partial charge in [-0.2, -0.15) is 0 Å². The molecule has 2 aromatic rings. The van der Waals surface area contributed by atoms with Gasteiger partial charge in [0.05, 0.1) is 11.9 Å². The van der Waals surface area contributed by atoms with Crippen LogP contribution in [-0.4, -0.2) is 38.0 Å². The van der Waals surface area contributed by atoms with Crippen LogP contribution in [0.5, 0.6) is 0 Å². The lowest BCUT2D eigenvalue weighted by Gasteiger charge is -2.14. The van der Waals surface area contributed by atoms with Crippen molar-refractivity contribution in [2.45, 2.75) is 12.5 Å². The number of aromatic amines is 1. The van der Waals surface area contributed by atoms with E-state index in [1.54, 1.807) is 0 Å². The molecule has 110 valence electrons. The topological polar surface area (TPSA) is 108 Å². The Morgan fingerprint density at radius 3 is 2.86 bits per heavy atom. The molecular weight excluding hydrogens is 364 g/mol. The second-order valence-corrected chi connectivity index (χ2v) is 5.41. The van der Waals surface area contributed by atoms with Gasteiger partial charge in [0.15, 0.2) is 0 Å². The molecule has 0 unspecified atom stereocenters. The Morgan fingerprint density at radius 1 is 1.48 bits per heavy atom. The van der Waals surface area contributed by atoms with Crippen LogP contribution >= 0.6 is 27.5 Å². The zero-order valence-corrected chi connectivity index (χ0v) is 12.8. The number of nitrogens with zero attached hydrogens (tertiary/aromatic N) is 2. The van der Waals surface area contributed by atoms with Crippen molar-refractivity contribution in [1.29, 1.82) is 0 Å². The first-order chi connectivity index (χ1) is 9.97. The Bertz CT molecular complexity index is 663. The van der Waals surface area contributed by atoms with Crippen molar-refractivity contribution in [3.8, 4) is 0 Å². The predicted octanol–water partition coefficient (Wildman–Crippen LogP) is 1.65. The van der Waals surface area contributed by atoms with Gasteiger partial charge in [0.1, 0.15) is 11.2 Å². The van der Waals surface area contributed by atoms with Crippen LogP contribution in [0, 0.1) is 0 Å². The third kappa shape index (κ3) is 4.02. The van der Waals surface area contributed by atoms with Crippen molar-refractivity contribution in [3.63, 3.8) is 0 Å². The van der Waals surface area contributed by atoms with Crippen LogP contribution in [-0.2, 0) is 11.2 Å². The number of hydrogen-bond acceptors (Lipinski definition) is 4. The van der Waals surface area contributed by atoms with E-state index >= 15 is 0 Å². The average Bonchev–Trinajstić information content (AvgIpc) is 2.93. The summed E-state index contributed by atoms with van der Waals surface area (Å²) >= 11 is 9.02. The third-order valence-electron chi connectivity index (χ3n) is 2.63. The fourth-order valence-electron chi connectivity index (χ4n) is 1.63. The molecule has 2 aromatic heterocycles. The smallest absolute Gasteiger partial charge is 0.326 e. The zero-order valence-electron chi connectivity index (χ0n) is 10.5. The van der Waals surface area contributed by atoms with Gasteiger partial charge >= 0.3 is 5.97 Å². The summed E-state index contributed by atoms with van der Waals surface area (Å²) in [5, 5.41) is 11.6. The van der Waals surface area contributed by atoms with Crippen molar-refractivity contribution < 1.29 is 14.7 Å². The van der Waals surface area contributed by atoms with Gasteiger partial charge < -0.3 is 15.4 Å². The maximum atomic E-state index is 12.1. The highest BCUT2D eigenvalue weighted by molar-refractivity contribution is 9.10. The van der Waals surface area contributed by atoms with Crippen LogP contribution in [0.1, 0.15) is 16.1 Å². The van der Waals surface area contributed by atoms with E-state index in [4.69, 9.17) is 11.6 Å². The van der Waals surface area contributed by atoms with E-state index in [0.29, 0.717) is 10.2 Å². The molecule has 0 saturated heterocycles. The Hall–Kier alpha value is -1.93. The highest BCUT2D eigenvalue weighted by Gasteiger charge is 2.23. The molecule has 1 atom stereocenters. The molecule has 21 heavy (non-hydrogen) atoms. The SMILES string of the molecule is O=C(N[C@@H](Cc1cnc[nH]1)C(=O)O)c1cc(Br)cnc1Cl. The van der Waals surface area contributed by atoms with Gasteiger partial charge in [-0.3, -0.25) is 4.79 Å². The summed E-state index contributed by atoms with van der Waals surface area (Å²) in [5.74, 6) is -1.77. The second-order valence-electron chi connectivity index (χ2n) is 4.14. The summed E-state index contributed by atoms with van der Waals surface area (Å²) in [6.07, 6.45) is 4.46. The zero-order chi connectivity index (χ0) is 15.4. The van der Waals surface area contributed by atoms with E-state index in [-0.39, 0.29) is 17.1 Å². The van der Waals surface area contributed by atoms with Crippen molar-refractivity contribution in [2.24, 2.45) is 0 Å². The molecule has 0 bridgehead atoms. The molecule has 3 N–H and O–H groups in total. The molecule has 2 heterocycles. The van der Waals surface area contributed by atoms with Crippen LogP contribution in [0.3, 0.4) is 0 Å². The molecule has 7 nitrogen and oxygen atoms in total. The summed E-state index contributed by atoms with van der Waals surface area (Å²) in [6, 6.07) is 0.368. The lowest BCUT2D eigenvalue weighted by molar-refractivity contribution is -0.139. The normalized spacial score (nSPS) is 11.9. The van der Waals surface area contributed by atoms with Crippen LogP contribution in [0.4, 0.5) is 0 Å². The number of carboxylic acid groups (broad SMARTS) is 1. The largest absolute Gasteiger partial charge is 0.480 e. The first-order valence-electron chi connectivity index (χ1n) is 5.79. The lowest BCUT2D eigenvalue weighted by atomic mass is 10.1. The monoisotopic (exact) mass is 372 g/mol. The minimum Gasteiger partial charge on any atom is -0.480 e. The number of amides is 1. The molecule has 0 aliphatic heterocycles. The second kappa shape index (κ2) is 6.68. The molecule has 9 heteroatoms. The van der Waals surface area contributed by atoms with Crippen LogP contribution in [0.2, 0.25) is 5.15 Å². The van der Waals surface area contributed by atoms with E-state index in [0.717, 1.165) is 0 Å². The Labute approximate surface area is 132 Å². The number of carboxylic acids is 1. The van der Waals surface area contributed by atoms with E-state index in [1.807, 2.05) is 0 Å². The molecular formula is C12H10BrClN4O3. The number of H-pyrrole nitrogens is 1. The van der Waals surface area contributed by atoms with Crippen LogP contribution < -0.4 is 5.32 Å². The van der Waals surface area contributed by atoms with Gasteiger partial charge in [-0.05, 0) is 22.0 Å². The number of carbonyl (C=O) groups is 2. The summed E-state index contributed by atoms with van der Waals surface area (Å²) in [5.41, 5.74) is 0.697. The van der Waals surface area contributed by atoms with E-state index < -0.39 is 17.9 Å². The highest BCUT2D eigenvalue weighted by atomic mass is 79.9. The number of pyridine rings is 1. The standard InChI is InChI=1S/C12H10BrClN4O3/c13-6-1-8(10(14)16-3-6)11(19)18-9(12(20)21)2-7-4-15-5-17-7/h1,3-5,9H,2H2,(H,15,17)(H,18,19)(H,20,21)/t9-/m0/s1. The predicted molar refractivity (Wildman–Crippen MR) is 78.1 cm³/mol. The number of rotatable bonds is 5. The van der Waals surface area contributed by atoms with Gasteiger partial charge in [-0.1, -0.05) is 11.6 Å². The minimum absolute atomic E-state index is 0.00128. The molecule has 1 amide bonds. The molecule has 0 aliphatic rings. The number of aromatic nitrogens is 3. The van der Waals surface area contributed by atoms with Gasteiger partial charge in [0, 0.05) is 29.0 Å². The van der Waals surface area contributed by atoms with Crippen LogP contribution in [0.25, 0.3) is 0 Å². The fraction of sp³-hybridized carbons (Fsp3) is 0.167. The Kier molecular flexibility index (Phi) is 4.92. The highest BCUT2D eigenvalue weighted by Crippen LogP contribution is 2.18. The van der Waals surface area contributed by atoms with Gasteiger partial charge in [-0.25, -0.2) is 14.8 Å². The quantitative estimate of drug-likeness (QED) is 0.691. The summed E-state index contributed by atoms with van der Waals surface area (Å²) in [4.78, 5) is 33.8. The lowest BCUT2D eigenvalue weighted by Crippen LogP contribution is -2.42. The van der Waals surface area contributed by atoms with E-state index in [1.165, 1.54) is 24.8 Å². The van der Waals surface area contributed by atoms with Gasteiger partial charge in [0.2, 0.25) is 0 Å². The Morgan fingerprint density at radius 2 is 2.24 bits per heavy atom. The van der Waals surface area contributed by atoms with Crippen molar-refractivity contribution in [1.82, 2.24) is 20.3 Å². The average molecular weight is 374 g/mol. The molecule has 0 fully saturated rings. The van der Waals surface area contributed by atoms with Crippen molar-refractivity contribution in [2.75, 3.05) is 0 Å². The summed E-state index contributed by atoms with van der Waals surface area (Å²) in [6.45, 7) is 0. The fourth-order valence-corrected chi connectivity index (χ4v) is 2.15. The number of imidazole rings is 1. The van der Waals surface area contributed by atoms with Crippen molar-refractivity contribution in [3.05, 3.63) is 45.7 Å². The van der Waals surface area contributed by atoms with Crippen molar-refractivity contribution >= 4 is 39.4 Å². The van der Waals surface area contributed by atoms with E-state index in [2.05, 4.69) is 36.2 Å². The first kappa shape index (κ1) is 15.5. The number of nitrogens with one attached hydrogen (secondary N) is 2. The third-order valence-corrected chi connectivity index (χ3v) is 3.37. The molecule has 0 radical (unpaired) electrons. The first-order valence-corrected chi connectivity index (χ1v) is 6.96. The molecule has 0 aromatic carbocycles. The van der Waals surface area contributed by atoms with Gasteiger partial charge in [0.25, 0.3) is 5.91 Å². The minimum atomic E-state index is -1.16. The number of hydrogen-bond donors (Lipinski definition) is 3. The molecule has 2 rings (SSSR count). The maximum absolute atomic E-state index is 12.1. The number of halogens is 2. The van der Waals surface area contributed by atoms with Crippen LogP contribution in [0.15, 0.2) is 29.3 Å². The molecule has 0 aliphatic carbocycles. The molecule has 0 saturated carbocycles. The Balaban J connectivity index is 2.14. The van der Waals surface area contributed by atoms with Gasteiger partial charge in [-0.15, -0.1) is 0 Å². The summed E-state index contributed by atoms with van der Waals surface area (Å²) < 4.78 is 0.567. The number of carbonyl (C=O) groups excluding carboxylic acids is 1.